The molecule has 0 saturated heterocycles. The van der Waals surface area contributed by atoms with Crippen molar-refractivity contribution in [2.24, 2.45) is 0 Å². The fourth-order valence-corrected chi connectivity index (χ4v) is 1.31. The Hall–Kier alpha value is -1.65. The molecule has 0 bridgehead atoms. The molecular formula is C12H16F2N2O. The standard InChI is InChI=1S/C12H16F2N2O/c1-2-3-4-15-12(17)8-16-11-6-9(13)5-10(14)7-11/h5-7,16H,2-4,8H2,1H3,(H,15,17). The second-order valence-corrected chi connectivity index (χ2v) is 3.72. The summed E-state index contributed by atoms with van der Waals surface area (Å²) in [5, 5.41) is 5.36. The Kier molecular flexibility index (Phi) is 5.39. The Balaban J connectivity index is 2.36. The van der Waals surface area contributed by atoms with E-state index in [-0.39, 0.29) is 18.1 Å². The number of halogens is 2. The topological polar surface area (TPSA) is 41.1 Å². The maximum atomic E-state index is 12.8. The van der Waals surface area contributed by atoms with Gasteiger partial charge in [-0.2, -0.15) is 0 Å². The molecule has 0 heterocycles. The van der Waals surface area contributed by atoms with Crippen LogP contribution in [0.4, 0.5) is 14.5 Å². The maximum Gasteiger partial charge on any atom is 0.239 e. The molecule has 2 N–H and O–H groups in total. The van der Waals surface area contributed by atoms with E-state index in [1.54, 1.807) is 0 Å². The molecule has 1 rings (SSSR count). The summed E-state index contributed by atoms with van der Waals surface area (Å²) in [4.78, 5) is 11.3. The van der Waals surface area contributed by atoms with Crippen molar-refractivity contribution in [2.45, 2.75) is 19.8 Å². The lowest BCUT2D eigenvalue weighted by Crippen LogP contribution is -2.30. The highest BCUT2D eigenvalue weighted by molar-refractivity contribution is 5.80. The van der Waals surface area contributed by atoms with Gasteiger partial charge >= 0.3 is 0 Å². The molecule has 5 heteroatoms. The van der Waals surface area contributed by atoms with Crippen LogP contribution in [0, 0.1) is 11.6 Å². The zero-order valence-corrected chi connectivity index (χ0v) is 9.72. The summed E-state index contributed by atoms with van der Waals surface area (Å²) in [6, 6.07) is 3.07. The van der Waals surface area contributed by atoms with Crippen molar-refractivity contribution in [1.82, 2.24) is 5.32 Å². The van der Waals surface area contributed by atoms with Crippen LogP contribution in [-0.4, -0.2) is 19.0 Å². The Morgan fingerprint density at radius 3 is 2.47 bits per heavy atom. The van der Waals surface area contributed by atoms with Crippen LogP contribution in [-0.2, 0) is 4.79 Å². The summed E-state index contributed by atoms with van der Waals surface area (Å²) in [5.74, 6) is -1.53. The average Bonchev–Trinajstić information content (AvgIpc) is 2.25. The van der Waals surface area contributed by atoms with Crippen molar-refractivity contribution in [3.05, 3.63) is 29.8 Å². The Morgan fingerprint density at radius 1 is 1.24 bits per heavy atom. The minimum atomic E-state index is -0.668. The number of unbranched alkanes of at least 4 members (excludes halogenated alkanes) is 1. The van der Waals surface area contributed by atoms with Crippen LogP contribution in [0.5, 0.6) is 0 Å². The maximum absolute atomic E-state index is 12.8. The van der Waals surface area contributed by atoms with Gasteiger partial charge in [0.1, 0.15) is 11.6 Å². The first-order chi connectivity index (χ1) is 8.11. The molecule has 0 atom stereocenters. The minimum absolute atomic E-state index is 0.00656. The molecule has 0 unspecified atom stereocenters. The first-order valence-electron chi connectivity index (χ1n) is 5.58. The largest absolute Gasteiger partial charge is 0.376 e. The molecule has 1 aromatic carbocycles. The lowest BCUT2D eigenvalue weighted by molar-refractivity contribution is -0.119. The zero-order valence-electron chi connectivity index (χ0n) is 9.72. The van der Waals surface area contributed by atoms with Crippen molar-refractivity contribution < 1.29 is 13.6 Å². The van der Waals surface area contributed by atoms with Gasteiger partial charge in [-0.25, -0.2) is 8.78 Å². The smallest absolute Gasteiger partial charge is 0.239 e. The van der Waals surface area contributed by atoms with Gasteiger partial charge < -0.3 is 10.6 Å². The lowest BCUT2D eigenvalue weighted by atomic mass is 10.3. The van der Waals surface area contributed by atoms with E-state index in [4.69, 9.17) is 0 Å². The van der Waals surface area contributed by atoms with E-state index in [1.165, 1.54) is 0 Å². The van der Waals surface area contributed by atoms with E-state index in [9.17, 15) is 13.6 Å². The molecule has 1 aromatic rings. The number of anilines is 1. The molecule has 0 saturated carbocycles. The highest BCUT2D eigenvalue weighted by atomic mass is 19.1. The van der Waals surface area contributed by atoms with E-state index in [2.05, 4.69) is 10.6 Å². The van der Waals surface area contributed by atoms with Crippen molar-refractivity contribution in [3.8, 4) is 0 Å². The second-order valence-electron chi connectivity index (χ2n) is 3.72. The summed E-state index contributed by atoms with van der Waals surface area (Å²) in [5.41, 5.74) is 0.258. The number of carbonyl (C=O) groups excluding carboxylic acids is 1. The first kappa shape index (κ1) is 13.4. The lowest BCUT2D eigenvalue weighted by Gasteiger charge is -2.07. The molecule has 0 aromatic heterocycles. The quantitative estimate of drug-likeness (QED) is 0.751. The van der Waals surface area contributed by atoms with Crippen LogP contribution >= 0.6 is 0 Å². The Labute approximate surface area is 99.2 Å². The van der Waals surface area contributed by atoms with Gasteiger partial charge in [0.15, 0.2) is 0 Å². The number of amides is 1. The number of hydrogen-bond acceptors (Lipinski definition) is 2. The third-order valence-corrected chi connectivity index (χ3v) is 2.17. The summed E-state index contributed by atoms with van der Waals surface area (Å²) in [6.07, 6.45) is 1.92. The SMILES string of the molecule is CCCCNC(=O)CNc1cc(F)cc(F)c1. The molecule has 0 radical (unpaired) electrons. The van der Waals surface area contributed by atoms with Crippen LogP contribution < -0.4 is 10.6 Å². The predicted molar refractivity (Wildman–Crippen MR) is 62.8 cm³/mol. The van der Waals surface area contributed by atoms with Crippen LogP contribution in [0.2, 0.25) is 0 Å². The fourth-order valence-electron chi connectivity index (χ4n) is 1.31. The minimum Gasteiger partial charge on any atom is -0.376 e. The van der Waals surface area contributed by atoms with Gasteiger partial charge in [-0.3, -0.25) is 4.79 Å². The zero-order chi connectivity index (χ0) is 12.7. The molecule has 17 heavy (non-hydrogen) atoms. The molecule has 94 valence electrons. The normalized spacial score (nSPS) is 10.1. The van der Waals surface area contributed by atoms with Crippen LogP contribution in [0.3, 0.4) is 0 Å². The number of benzene rings is 1. The molecule has 1 amide bonds. The third-order valence-electron chi connectivity index (χ3n) is 2.17. The number of hydrogen-bond donors (Lipinski definition) is 2. The van der Waals surface area contributed by atoms with Crippen molar-refractivity contribution in [1.29, 1.82) is 0 Å². The highest BCUT2D eigenvalue weighted by Crippen LogP contribution is 2.12. The highest BCUT2D eigenvalue weighted by Gasteiger charge is 2.03. The summed E-state index contributed by atoms with van der Waals surface area (Å²) < 4.78 is 25.6. The number of carbonyl (C=O) groups is 1. The molecular weight excluding hydrogens is 226 g/mol. The van der Waals surface area contributed by atoms with Crippen LogP contribution in [0.25, 0.3) is 0 Å². The summed E-state index contributed by atoms with van der Waals surface area (Å²) >= 11 is 0. The molecule has 3 nitrogen and oxygen atoms in total. The van der Waals surface area contributed by atoms with Crippen LogP contribution in [0.15, 0.2) is 18.2 Å². The van der Waals surface area contributed by atoms with Gasteiger partial charge in [0.2, 0.25) is 5.91 Å². The predicted octanol–water partition coefficient (Wildman–Crippen LogP) is 2.29. The fraction of sp³-hybridized carbons (Fsp3) is 0.417. The van der Waals surface area contributed by atoms with Gasteiger partial charge in [0.25, 0.3) is 0 Å². The van der Waals surface area contributed by atoms with Gasteiger partial charge in [-0.1, -0.05) is 13.3 Å². The molecule has 0 aliphatic carbocycles. The monoisotopic (exact) mass is 242 g/mol. The van der Waals surface area contributed by atoms with E-state index < -0.39 is 11.6 Å². The first-order valence-corrected chi connectivity index (χ1v) is 5.58. The molecule has 0 aliphatic rings. The second kappa shape index (κ2) is 6.83. The Morgan fingerprint density at radius 2 is 1.88 bits per heavy atom. The van der Waals surface area contributed by atoms with Crippen LogP contribution in [0.1, 0.15) is 19.8 Å². The van der Waals surface area contributed by atoms with Gasteiger partial charge in [0, 0.05) is 18.3 Å². The van der Waals surface area contributed by atoms with Crippen molar-refractivity contribution in [2.75, 3.05) is 18.4 Å². The molecule has 0 aliphatic heterocycles. The number of nitrogens with one attached hydrogen (secondary N) is 2. The van der Waals surface area contributed by atoms with E-state index >= 15 is 0 Å². The van der Waals surface area contributed by atoms with E-state index in [0.29, 0.717) is 6.54 Å². The molecule has 0 fully saturated rings. The van der Waals surface area contributed by atoms with Gasteiger partial charge in [-0.05, 0) is 18.6 Å². The summed E-state index contributed by atoms with van der Waals surface area (Å²) in [6.45, 7) is 2.65. The van der Waals surface area contributed by atoms with Gasteiger partial charge in [-0.15, -0.1) is 0 Å². The number of rotatable bonds is 6. The van der Waals surface area contributed by atoms with Crippen molar-refractivity contribution in [3.63, 3.8) is 0 Å². The van der Waals surface area contributed by atoms with Gasteiger partial charge in [0.05, 0.1) is 6.54 Å². The molecule has 0 spiro atoms. The third kappa shape index (κ3) is 5.29. The van der Waals surface area contributed by atoms with E-state index in [0.717, 1.165) is 31.0 Å². The van der Waals surface area contributed by atoms with Crippen molar-refractivity contribution >= 4 is 11.6 Å². The Bertz CT molecular complexity index is 363. The van der Waals surface area contributed by atoms with E-state index in [1.807, 2.05) is 6.92 Å². The average molecular weight is 242 g/mol. The summed E-state index contributed by atoms with van der Waals surface area (Å²) in [7, 11) is 0.